The molecule has 1 aliphatic heterocycles. The third kappa shape index (κ3) is 2.05. The molecule has 1 aromatic heterocycles. The summed E-state index contributed by atoms with van der Waals surface area (Å²) in [5.74, 6) is 0.404. The van der Waals surface area contributed by atoms with Crippen molar-refractivity contribution in [2.75, 3.05) is 23.7 Å². The summed E-state index contributed by atoms with van der Waals surface area (Å²) in [6, 6.07) is 1.97. The number of aromatic nitrogens is 1. The van der Waals surface area contributed by atoms with Gasteiger partial charge in [0.2, 0.25) is 0 Å². The number of anilines is 2. The van der Waals surface area contributed by atoms with Crippen molar-refractivity contribution in [3.63, 3.8) is 0 Å². The molecule has 2 fully saturated rings. The lowest BCUT2D eigenvalue weighted by molar-refractivity contribution is -0.0612. The van der Waals surface area contributed by atoms with E-state index in [9.17, 15) is 5.11 Å². The molecule has 2 atom stereocenters. The Morgan fingerprint density at radius 2 is 2.22 bits per heavy atom. The highest BCUT2D eigenvalue weighted by Gasteiger charge is 2.42. The minimum atomic E-state index is -0.414. The van der Waals surface area contributed by atoms with Crippen LogP contribution in [0.1, 0.15) is 32.1 Å². The van der Waals surface area contributed by atoms with Gasteiger partial charge in [0.25, 0.3) is 0 Å². The zero-order valence-corrected chi connectivity index (χ0v) is 10.7. The van der Waals surface area contributed by atoms with Gasteiger partial charge in [-0.15, -0.1) is 0 Å². The van der Waals surface area contributed by atoms with E-state index in [0.29, 0.717) is 11.6 Å². The van der Waals surface area contributed by atoms with Gasteiger partial charge < -0.3 is 15.7 Å². The van der Waals surface area contributed by atoms with Gasteiger partial charge in [0.05, 0.1) is 23.2 Å². The molecular weight excluding hydrogens is 226 g/mol. The average molecular weight is 247 g/mol. The Morgan fingerprint density at radius 3 is 3.06 bits per heavy atom. The predicted molar refractivity (Wildman–Crippen MR) is 72.4 cm³/mol. The molecule has 0 amide bonds. The van der Waals surface area contributed by atoms with Crippen LogP contribution < -0.4 is 10.6 Å². The summed E-state index contributed by atoms with van der Waals surface area (Å²) in [5, 5.41) is 10.6. The van der Waals surface area contributed by atoms with Crippen molar-refractivity contribution in [1.82, 2.24) is 4.98 Å². The zero-order valence-electron chi connectivity index (χ0n) is 10.7. The van der Waals surface area contributed by atoms with Crippen LogP contribution >= 0.6 is 0 Å². The molecule has 1 aromatic rings. The molecule has 3 rings (SSSR count). The number of hydrogen-bond acceptors (Lipinski definition) is 4. The van der Waals surface area contributed by atoms with Crippen LogP contribution in [0.3, 0.4) is 0 Å². The van der Waals surface area contributed by atoms with E-state index in [0.717, 1.165) is 38.0 Å². The van der Waals surface area contributed by atoms with Crippen molar-refractivity contribution in [2.24, 2.45) is 5.92 Å². The zero-order chi connectivity index (χ0) is 12.6. The highest BCUT2D eigenvalue weighted by Crippen LogP contribution is 2.40. The molecule has 2 unspecified atom stereocenters. The Labute approximate surface area is 108 Å². The first kappa shape index (κ1) is 11.8. The lowest BCUT2D eigenvalue weighted by Gasteiger charge is -2.48. The van der Waals surface area contributed by atoms with Gasteiger partial charge in [0.15, 0.2) is 0 Å². The van der Waals surface area contributed by atoms with Crippen molar-refractivity contribution >= 4 is 11.4 Å². The number of aliphatic hydroxyl groups is 1. The summed E-state index contributed by atoms with van der Waals surface area (Å²) in [7, 11) is 0. The van der Waals surface area contributed by atoms with E-state index >= 15 is 0 Å². The van der Waals surface area contributed by atoms with E-state index < -0.39 is 5.60 Å². The van der Waals surface area contributed by atoms with E-state index in [4.69, 9.17) is 5.73 Å². The van der Waals surface area contributed by atoms with Crippen LogP contribution in [-0.2, 0) is 0 Å². The van der Waals surface area contributed by atoms with Crippen LogP contribution in [0.4, 0.5) is 11.4 Å². The van der Waals surface area contributed by atoms with Crippen molar-refractivity contribution < 1.29 is 5.11 Å². The van der Waals surface area contributed by atoms with E-state index in [1.807, 2.05) is 12.3 Å². The highest BCUT2D eigenvalue weighted by atomic mass is 16.3. The largest absolute Gasteiger partial charge is 0.397 e. The molecule has 3 N–H and O–H groups in total. The summed E-state index contributed by atoms with van der Waals surface area (Å²) < 4.78 is 0. The summed E-state index contributed by atoms with van der Waals surface area (Å²) in [6.45, 7) is 1.83. The monoisotopic (exact) mass is 247 g/mol. The number of rotatable bonds is 1. The maximum atomic E-state index is 10.6. The molecule has 0 bridgehead atoms. The first-order valence-electron chi connectivity index (χ1n) is 6.85. The second-order valence-corrected chi connectivity index (χ2v) is 5.72. The van der Waals surface area contributed by atoms with Gasteiger partial charge in [-0.2, -0.15) is 0 Å². The molecule has 0 aromatic carbocycles. The van der Waals surface area contributed by atoms with Crippen LogP contribution in [0, 0.1) is 5.92 Å². The normalized spacial score (nSPS) is 32.1. The predicted octanol–water partition coefficient (Wildman–Crippen LogP) is 1.80. The summed E-state index contributed by atoms with van der Waals surface area (Å²) in [5.41, 5.74) is 7.16. The number of pyridine rings is 1. The van der Waals surface area contributed by atoms with Crippen molar-refractivity contribution in [3.8, 4) is 0 Å². The molecule has 4 heteroatoms. The SMILES string of the molecule is Nc1cncc(N2CCC3(O)CCCCC3C2)c1. The Hall–Kier alpha value is -1.29. The van der Waals surface area contributed by atoms with Crippen molar-refractivity contribution in [3.05, 3.63) is 18.5 Å². The summed E-state index contributed by atoms with van der Waals surface area (Å²) >= 11 is 0. The lowest BCUT2D eigenvalue weighted by atomic mass is 9.71. The van der Waals surface area contributed by atoms with Crippen LogP contribution in [0.25, 0.3) is 0 Å². The molecule has 0 radical (unpaired) electrons. The minimum Gasteiger partial charge on any atom is -0.397 e. The maximum absolute atomic E-state index is 10.6. The van der Waals surface area contributed by atoms with E-state index in [1.54, 1.807) is 6.20 Å². The quantitative estimate of drug-likeness (QED) is 0.794. The van der Waals surface area contributed by atoms with Gasteiger partial charge in [0.1, 0.15) is 0 Å². The van der Waals surface area contributed by atoms with Crippen LogP contribution in [-0.4, -0.2) is 28.8 Å². The Balaban J connectivity index is 1.77. The van der Waals surface area contributed by atoms with Gasteiger partial charge >= 0.3 is 0 Å². The molecule has 1 saturated heterocycles. The van der Waals surface area contributed by atoms with E-state index in [2.05, 4.69) is 9.88 Å². The third-order valence-electron chi connectivity index (χ3n) is 4.54. The first-order valence-corrected chi connectivity index (χ1v) is 6.85. The second-order valence-electron chi connectivity index (χ2n) is 5.72. The van der Waals surface area contributed by atoms with Gasteiger partial charge in [-0.3, -0.25) is 4.98 Å². The standard InChI is InChI=1S/C14H21N3O/c15-12-7-13(9-16-8-12)17-6-5-14(18)4-2-1-3-11(14)10-17/h7-9,11,18H,1-6,10,15H2. The first-order chi connectivity index (χ1) is 8.67. The van der Waals surface area contributed by atoms with Gasteiger partial charge in [0, 0.05) is 25.2 Å². The number of nitrogen functional groups attached to an aromatic ring is 1. The lowest BCUT2D eigenvalue weighted by Crippen LogP contribution is -2.53. The average Bonchev–Trinajstić information content (AvgIpc) is 2.37. The molecular formula is C14H21N3O. The van der Waals surface area contributed by atoms with Gasteiger partial charge in [-0.05, 0) is 25.3 Å². The molecule has 1 saturated carbocycles. The fourth-order valence-electron chi connectivity index (χ4n) is 3.42. The van der Waals surface area contributed by atoms with Crippen molar-refractivity contribution in [1.29, 1.82) is 0 Å². The Morgan fingerprint density at radius 1 is 1.33 bits per heavy atom. The van der Waals surface area contributed by atoms with Crippen LogP contribution in [0.15, 0.2) is 18.5 Å². The minimum absolute atomic E-state index is 0.404. The second kappa shape index (κ2) is 4.43. The number of fused-ring (bicyclic) bond motifs is 1. The molecule has 18 heavy (non-hydrogen) atoms. The van der Waals surface area contributed by atoms with Crippen molar-refractivity contribution in [2.45, 2.75) is 37.7 Å². The molecule has 4 nitrogen and oxygen atoms in total. The Bertz CT molecular complexity index is 437. The molecule has 98 valence electrons. The van der Waals surface area contributed by atoms with Crippen LogP contribution in [0.2, 0.25) is 0 Å². The number of hydrogen-bond donors (Lipinski definition) is 2. The number of nitrogens with zero attached hydrogens (tertiary/aromatic N) is 2. The summed E-state index contributed by atoms with van der Waals surface area (Å²) in [4.78, 5) is 6.46. The fourth-order valence-corrected chi connectivity index (χ4v) is 3.42. The van der Waals surface area contributed by atoms with E-state index in [-0.39, 0.29) is 0 Å². The maximum Gasteiger partial charge on any atom is 0.0709 e. The van der Waals surface area contributed by atoms with Gasteiger partial charge in [-0.1, -0.05) is 12.8 Å². The molecule has 0 spiro atoms. The Kier molecular flexibility index (Phi) is 2.90. The number of piperidine rings is 1. The molecule has 2 aliphatic rings. The summed E-state index contributed by atoms with van der Waals surface area (Å²) in [6.07, 6.45) is 8.94. The smallest absolute Gasteiger partial charge is 0.0709 e. The fraction of sp³-hybridized carbons (Fsp3) is 0.643. The molecule has 2 heterocycles. The third-order valence-corrected chi connectivity index (χ3v) is 4.54. The molecule has 1 aliphatic carbocycles. The topological polar surface area (TPSA) is 62.4 Å². The number of nitrogens with two attached hydrogens (primary N) is 1. The van der Waals surface area contributed by atoms with Crippen LogP contribution in [0.5, 0.6) is 0 Å². The van der Waals surface area contributed by atoms with Gasteiger partial charge in [-0.25, -0.2) is 0 Å². The van der Waals surface area contributed by atoms with E-state index in [1.165, 1.54) is 12.8 Å². The highest BCUT2D eigenvalue weighted by molar-refractivity contribution is 5.53.